The summed E-state index contributed by atoms with van der Waals surface area (Å²) < 4.78 is 0. The van der Waals surface area contributed by atoms with Crippen molar-refractivity contribution in [3.63, 3.8) is 0 Å². The van der Waals surface area contributed by atoms with E-state index >= 15 is 0 Å². The fraction of sp³-hybridized carbons (Fsp3) is 0.667. The lowest BCUT2D eigenvalue weighted by atomic mass is 10.00. The van der Waals surface area contributed by atoms with Gasteiger partial charge in [0.2, 0.25) is 0 Å². The average Bonchev–Trinajstić information content (AvgIpc) is 2.61. The molecule has 0 N–H and O–H groups in total. The molecule has 5 nitrogen and oxygen atoms in total. The van der Waals surface area contributed by atoms with Crippen molar-refractivity contribution in [3.05, 3.63) is 24.0 Å². The summed E-state index contributed by atoms with van der Waals surface area (Å²) in [5, 5.41) is 0. The Morgan fingerprint density at radius 2 is 2.04 bits per heavy atom. The van der Waals surface area contributed by atoms with Crippen LogP contribution in [0.5, 0.6) is 0 Å². The third-order valence-corrected chi connectivity index (χ3v) is 5.09. The number of carbonyl (C=O) groups excluding carboxylic acids is 1. The molecule has 1 aromatic heterocycles. The maximum atomic E-state index is 12.7. The lowest BCUT2D eigenvalue weighted by Crippen LogP contribution is -2.48. The summed E-state index contributed by atoms with van der Waals surface area (Å²) in [4.78, 5) is 23.8. The minimum atomic E-state index is 0.0765. The van der Waals surface area contributed by atoms with Crippen molar-refractivity contribution >= 4 is 11.6 Å². The second kappa shape index (κ2) is 7.30. The number of carbonyl (C=O) groups is 1. The third kappa shape index (κ3) is 3.83. The quantitative estimate of drug-likeness (QED) is 0.856. The summed E-state index contributed by atoms with van der Waals surface area (Å²) in [5.74, 6) is 0.797. The van der Waals surface area contributed by atoms with Gasteiger partial charge in [0.25, 0.3) is 5.91 Å². The van der Waals surface area contributed by atoms with Crippen LogP contribution in [0.4, 0.5) is 5.69 Å². The number of aromatic nitrogens is 1. The monoisotopic (exact) mass is 316 g/mol. The molecule has 3 rings (SSSR count). The highest BCUT2D eigenvalue weighted by Crippen LogP contribution is 2.23. The number of nitrogens with zero attached hydrogens (tertiary/aromatic N) is 4. The molecule has 1 amide bonds. The van der Waals surface area contributed by atoms with Crippen LogP contribution in [0.25, 0.3) is 0 Å². The highest BCUT2D eigenvalue weighted by Gasteiger charge is 2.23. The molecule has 1 atom stereocenters. The molecule has 0 bridgehead atoms. The largest absolute Gasteiger partial charge is 0.371 e. The average molecular weight is 316 g/mol. The minimum absolute atomic E-state index is 0.0765. The highest BCUT2D eigenvalue weighted by molar-refractivity contribution is 5.93. The standard InChI is InChI=1S/C18H28N4O/c1-3-20-9-11-21(12-10-20)18(23)17-13-16(6-7-19-17)22-8-4-5-15(2)14-22/h6-7,13,15H,3-5,8-12,14H2,1-2H3. The van der Waals surface area contributed by atoms with Gasteiger partial charge in [-0.2, -0.15) is 0 Å². The van der Waals surface area contributed by atoms with Crippen LogP contribution in [0.3, 0.4) is 0 Å². The SMILES string of the molecule is CCN1CCN(C(=O)c2cc(N3CCCC(C)C3)ccn2)CC1. The molecule has 2 aliphatic heterocycles. The van der Waals surface area contributed by atoms with Crippen LogP contribution in [-0.4, -0.2) is 66.5 Å². The first-order valence-electron chi connectivity index (χ1n) is 8.90. The van der Waals surface area contributed by atoms with E-state index in [0.29, 0.717) is 5.69 Å². The second-order valence-corrected chi connectivity index (χ2v) is 6.82. The van der Waals surface area contributed by atoms with Crippen molar-refractivity contribution in [3.8, 4) is 0 Å². The number of rotatable bonds is 3. The molecule has 1 unspecified atom stereocenters. The predicted octanol–water partition coefficient (Wildman–Crippen LogP) is 2.10. The van der Waals surface area contributed by atoms with Gasteiger partial charge in [-0.15, -0.1) is 0 Å². The summed E-state index contributed by atoms with van der Waals surface area (Å²) >= 11 is 0. The topological polar surface area (TPSA) is 39.7 Å². The van der Waals surface area contributed by atoms with Gasteiger partial charge in [0.05, 0.1) is 0 Å². The van der Waals surface area contributed by atoms with Crippen molar-refractivity contribution in [1.29, 1.82) is 0 Å². The number of piperazine rings is 1. The van der Waals surface area contributed by atoms with E-state index < -0.39 is 0 Å². The molecule has 2 aliphatic rings. The van der Waals surface area contributed by atoms with Crippen LogP contribution < -0.4 is 4.90 Å². The number of amides is 1. The molecule has 0 aromatic carbocycles. The highest BCUT2D eigenvalue weighted by atomic mass is 16.2. The maximum Gasteiger partial charge on any atom is 0.272 e. The first kappa shape index (κ1) is 16.2. The minimum Gasteiger partial charge on any atom is -0.371 e. The van der Waals surface area contributed by atoms with E-state index in [1.54, 1.807) is 6.20 Å². The van der Waals surface area contributed by atoms with Crippen molar-refractivity contribution in [1.82, 2.24) is 14.8 Å². The van der Waals surface area contributed by atoms with Crippen molar-refractivity contribution < 1.29 is 4.79 Å². The lowest BCUT2D eigenvalue weighted by Gasteiger charge is -2.34. The first-order valence-corrected chi connectivity index (χ1v) is 8.90. The fourth-order valence-corrected chi connectivity index (χ4v) is 3.59. The number of anilines is 1. The Morgan fingerprint density at radius 3 is 2.74 bits per heavy atom. The molecule has 3 heterocycles. The van der Waals surface area contributed by atoms with E-state index in [1.165, 1.54) is 12.8 Å². The van der Waals surface area contributed by atoms with E-state index in [2.05, 4.69) is 28.6 Å². The van der Waals surface area contributed by atoms with E-state index in [-0.39, 0.29) is 5.91 Å². The molecule has 0 saturated carbocycles. The maximum absolute atomic E-state index is 12.7. The Balaban J connectivity index is 1.68. The lowest BCUT2D eigenvalue weighted by molar-refractivity contribution is 0.0637. The van der Waals surface area contributed by atoms with E-state index in [4.69, 9.17) is 0 Å². The molecular weight excluding hydrogens is 288 g/mol. The Morgan fingerprint density at radius 1 is 1.26 bits per heavy atom. The zero-order valence-corrected chi connectivity index (χ0v) is 14.4. The molecule has 5 heteroatoms. The van der Waals surface area contributed by atoms with Gasteiger partial charge in [0.1, 0.15) is 5.69 Å². The zero-order chi connectivity index (χ0) is 16.2. The van der Waals surface area contributed by atoms with Gasteiger partial charge in [-0.25, -0.2) is 0 Å². The Labute approximate surface area is 139 Å². The van der Waals surface area contributed by atoms with Crippen LogP contribution in [0.1, 0.15) is 37.2 Å². The summed E-state index contributed by atoms with van der Waals surface area (Å²) in [7, 11) is 0. The number of piperidine rings is 1. The molecule has 0 aliphatic carbocycles. The van der Waals surface area contributed by atoms with Crippen LogP contribution >= 0.6 is 0 Å². The van der Waals surface area contributed by atoms with Crippen molar-refractivity contribution in [2.24, 2.45) is 5.92 Å². The molecule has 0 radical (unpaired) electrons. The molecule has 1 aromatic rings. The van der Waals surface area contributed by atoms with Crippen LogP contribution in [-0.2, 0) is 0 Å². The first-order chi connectivity index (χ1) is 11.2. The number of hydrogen-bond donors (Lipinski definition) is 0. The van der Waals surface area contributed by atoms with Crippen LogP contribution in [0.15, 0.2) is 18.3 Å². The van der Waals surface area contributed by atoms with Gasteiger partial charge in [-0.3, -0.25) is 9.78 Å². The van der Waals surface area contributed by atoms with Crippen molar-refractivity contribution in [2.45, 2.75) is 26.7 Å². The van der Waals surface area contributed by atoms with Gasteiger partial charge in [-0.05, 0) is 37.4 Å². The van der Waals surface area contributed by atoms with E-state index in [1.807, 2.05) is 17.0 Å². The second-order valence-electron chi connectivity index (χ2n) is 6.82. The Bertz CT molecular complexity index is 540. The number of pyridine rings is 1. The summed E-state index contributed by atoms with van der Waals surface area (Å²) in [5.41, 5.74) is 1.73. The molecule has 2 saturated heterocycles. The summed E-state index contributed by atoms with van der Waals surface area (Å²) in [6, 6.07) is 4.01. The molecule has 126 valence electrons. The smallest absolute Gasteiger partial charge is 0.272 e. The van der Waals surface area contributed by atoms with Crippen LogP contribution in [0, 0.1) is 5.92 Å². The van der Waals surface area contributed by atoms with Gasteiger partial charge in [0, 0.05) is 51.2 Å². The fourth-order valence-electron chi connectivity index (χ4n) is 3.59. The van der Waals surface area contributed by atoms with Gasteiger partial charge >= 0.3 is 0 Å². The van der Waals surface area contributed by atoms with E-state index in [0.717, 1.165) is 57.4 Å². The summed E-state index contributed by atoms with van der Waals surface area (Å²) in [6.07, 6.45) is 4.31. The van der Waals surface area contributed by atoms with Gasteiger partial charge < -0.3 is 14.7 Å². The number of likely N-dealkylation sites (N-methyl/N-ethyl adjacent to an activating group) is 1. The molecule has 2 fully saturated rings. The predicted molar refractivity (Wildman–Crippen MR) is 92.9 cm³/mol. The number of hydrogen-bond acceptors (Lipinski definition) is 4. The Hall–Kier alpha value is -1.62. The van der Waals surface area contributed by atoms with Gasteiger partial charge in [-0.1, -0.05) is 13.8 Å². The van der Waals surface area contributed by atoms with E-state index in [9.17, 15) is 4.79 Å². The summed E-state index contributed by atoms with van der Waals surface area (Å²) in [6.45, 7) is 11.2. The van der Waals surface area contributed by atoms with Gasteiger partial charge in [0.15, 0.2) is 0 Å². The normalized spacial score (nSPS) is 23.1. The molecular formula is C18H28N4O. The molecule has 0 spiro atoms. The molecule has 23 heavy (non-hydrogen) atoms. The third-order valence-electron chi connectivity index (χ3n) is 5.09. The Kier molecular flexibility index (Phi) is 5.16. The van der Waals surface area contributed by atoms with Crippen molar-refractivity contribution in [2.75, 3.05) is 50.7 Å². The van der Waals surface area contributed by atoms with Crippen LogP contribution in [0.2, 0.25) is 0 Å². The zero-order valence-electron chi connectivity index (χ0n) is 14.4.